The second-order valence-electron chi connectivity index (χ2n) is 17.5. The first kappa shape index (κ1) is 50.7. The molecule has 6 aliphatic heterocycles. The molecule has 0 radical (unpaired) electrons. The molecule has 0 unspecified atom stereocenters. The molecule has 6 heterocycles. The molecule has 10 rings (SSSR count). The van der Waals surface area contributed by atoms with Gasteiger partial charge in [0.1, 0.15) is 11.3 Å². The Labute approximate surface area is 421 Å². The van der Waals surface area contributed by atoms with Crippen LogP contribution in [0.15, 0.2) is 107 Å². The summed E-state index contributed by atoms with van der Waals surface area (Å²) in [5.74, 6) is -0.254. The van der Waals surface area contributed by atoms with E-state index >= 15 is 0 Å². The first-order chi connectivity index (χ1) is 32.8. The number of aliphatic hydroxyl groups is 1. The molecule has 2 N–H and O–H groups in total. The predicted molar refractivity (Wildman–Crippen MR) is 262 cm³/mol. The number of rotatable bonds is 12. The molecule has 0 bridgehead atoms. The van der Waals surface area contributed by atoms with Crippen molar-refractivity contribution in [3.05, 3.63) is 143 Å². The Bertz CT molecular complexity index is 2710. The average Bonchev–Trinajstić information content (AvgIpc) is 4.01. The predicted octanol–water partition coefficient (Wildman–Crippen LogP) is 7.60. The van der Waals surface area contributed by atoms with Crippen LogP contribution in [0.25, 0.3) is 16.9 Å². The van der Waals surface area contributed by atoms with E-state index in [1.165, 1.54) is 24.8 Å². The van der Waals surface area contributed by atoms with Crippen LogP contribution in [-0.4, -0.2) is 125 Å². The first-order valence-corrected chi connectivity index (χ1v) is 22.2. The number of imide groups is 1. The van der Waals surface area contributed by atoms with Crippen LogP contribution >= 0.6 is 0 Å². The van der Waals surface area contributed by atoms with Crippen LogP contribution in [0, 0.1) is 13.8 Å². The molecule has 6 aliphatic rings. The summed E-state index contributed by atoms with van der Waals surface area (Å²) >= 11 is 0. The summed E-state index contributed by atoms with van der Waals surface area (Å²) < 4.78 is 17.8. The number of carbonyl (C=O) groups is 5. The fraction of sp³-hybridized carbons (Fsp3) is 0.283. The quantitative estimate of drug-likeness (QED) is 0.0839. The number of ketones is 1. The zero-order valence-corrected chi connectivity index (χ0v) is 41.1. The maximum Gasteiger partial charge on any atom is 2.00 e. The topological polar surface area (TPSA) is 195 Å². The Kier molecular flexibility index (Phi) is 15.1. The number of hydrogen-bond acceptors (Lipinski definition) is 12. The number of aliphatic hydroxyl groups excluding tert-OH is 1. The monoisotopic (exact) mass is 1120 g/mol. The van der Waals surface area contributed by atoms with E-state index in [0.717, 1.165) is 27.2 Å². The van der Waals surface area contributed by atoms with Gasteiger partial charge in [-0.1, -0.05) is 61.5 Å². The molecule has 4 aromatic rings. The van der Waals surface area contributed by atoms with Crippen molar-refractivity contribution in [3.63, 3.8) is 0 Å². The second kappa shape index (κ2) is 20.8. The van der Waals surface area contributed by atoms with Crippen molar-refractivity contribution in [1.82, 2.24) is 19.6 Å². The van der Waals surface area contributed by atoms with Gasteiger partial charge in [0.2, 0.25) is 0 Å². The zero-order chi connectivity index (χ0) is 47.9. The molecule has 0 spiro atoms. The molecule has 1 saturated heterocycles. The fourth-order valence-corrected chi connectivity index (χ4v) is 9.18. The van der Waals surface area contributed by atoms with Crippen molar-refractivity contribution < 1.29 is 64.4 Å². The van der Waals surface area contributed by atoms with E-state index in [4.69, 9.17) is 19.9 Å². The molecule has 0 aliphatic carbocycles. The number of carbonyl (C=O) groups excluding carboxylic acids is 5. The van der Waals surface area contributed by atoms with Crippen LogP contribution in [0.5, 0.6) is 17.2 Å². The van der Waals surface area contributed by atoms with E-state index in [-0.39, 0.29) is 78.0 Å². The number of hydrogen-bond donors (Lipinski definition) is 1. The summed E-state index contributed by atoms with van der Waals surface area (Å²) in [5, 5.41) is 10.2. The number of likely N-dealkylation sites (N-methyl/N-ethyl adjacent to an activating group) is 1. The van der Waals surface area contributed by atoms with Crippen LogP contribution in [0.2, 0.25) is 0 Å². The number of amides is 4. The summed E-state index contributed by atoms with van der Waals surface area (Å²) in [7, 11) is 3.35. The minimum absolute atomic E-state index is 0. The molecule has 70 heavy (non-hydrogen) atoms. The van der Waals surface area contributed by atoms with Gasteiger partial charge in [-0.15, -0.1) is 5.69 Å². The van der Waals surface area contributed by atoms with Gasteiger partial charge < -0.3 is 51.5 Å². The van der Waals surface area contributed by atoms with Crippen molar-refractivity contribution in [3.8, 4) is 17.2 Å². The van der Waals surface area contributed by atoms with Gasteiger partial charge in [-0.3, -0.25) is 34.1 Å². The third kappa shape index (κ3) is 9.71. The minimum atomic E-state index is -1.04. The van der Waals surface area contributed by atoms with Gasteiger partial charge in [-0.25, -0.2) is 0 Å². The molecule has 0 aromatic heterocycles. The van der Waals surface area contributed by atoms with Crippen LogP contribution in [0.1, 0.15) is 69.7 Å². The summed E-state index contributed by atoms with van der Waals surface area (Å²) in [6, 6.07) is 21.9. The molecule has 17 heteroatoms. The maximum absolute atomic E-state index is 13.7. The van der Waals surface area contributed by atoms with Gasteiger partial charge in [0.15, 0.2) is 11.5 Å². The van der Waals surface area contributed by atoms with E-state index in [2.05, 4.69) is 41.2 Å². The Morgan fingerprint density at radius 1 is 0.771 bits per heavy atom. The third-order valence-corrected chi connectivity index (χ3v) is 12.8. The number of aryl methyl sites for hydroxylation is 1. The van der Waals surface area contributed by atoms with Crippen molar-refractivity contribution in [2.75, 3.05) is 40.5 Å². The van der Waals surface area contributed by atoms with Gasteiger partial charge in [0, 0.05) is 92.8 Å². The Balaban J connectivity index is 0.000000363. The fourth-order valence-electron chi connectivity index (χ4n) is 9.18. The molecule has 4 aromatic carbocycles. The molecular weight excluding hydrogens is 1060 g/mol. The Morgan fingerprint density at radius 3 is 1.77 bits per heavy atom. The Hall–Kier alpha value is -7.13. The van der Waals surface area contributed by atoms with E-state index in [1.54, 1.807) is 58.6 Å². The number of methoxy groups -OCH3 is 1. The van der Waals surface area contributed by atoms with Crippen LogP contribution < -0.4 is 14.2 Å². The number of aliphatic imine (C=N–C) groups is 2. The zero-order valence-electron chi connectivity index (χ0n) is 38.2. The second-order valence-corrected chi connectivity index (χ2v) is 17.5. The number of benzene rings is 4. The molecule has 1 fully saturated rings. The summed E-state index contributed by atoms with van der Waals surface area (Å²) in [4.78, 5) is 77.4. The van der Waals surface area contributed by atoms with Crippen molar-refractivity contribution in [2.24, 2.45) is 9.98 Å². The molecule has 16 nitrogen and oxygen atoms in total. The van der Waals surface area contributed by atoms with Crippen molar-refractivity contribution in [2.45, 2.75) is 57.8 Å². The third-order valence-electron chi connectivity index (χ3n) is 12.8. The first-order valence-electron chi connectivity index (χ1n) is 22.2. The van der Waals surface area contributed by atoms with Crippen molar-refractivity contribution >= 4 is 70.0 Å². The van der Waals surface area contributed by atoms with Gasteiger partial charge in [-0.05, 0) is 48.4 Å². The SMILES string of the molecule is C.COc1cc2c(cc1OCCCOc1cc3c(cc1CO)C(=O)N1C=C(c4ccc(C)cc4)C[C@H]1C=N3)N=C[C@@H]1CC(c3ccc([NH-])cc3)=CN1C2=O.[CH2-]C(=O)C1(N2C(=O)C=CC2=O)CN(C)C1.[W+2]. The van der Waals surface area contributed by atoms with Gasteiger partial charge in [-0.2, -0.15) is 0 Å². The number of fused-ring (bicyclic) bond motifs is 4. The largest absolute Gasteiger partial charge is 2.00 e. The summed E-state index contributed by atoms with van der Waals surface area (Å²) in [5.41, 5.74) is 14.8. The molecule has 2 atom stereocenters. The molecule has 0 saturated carbocycles. The van der Waals surface area contributed by atoms with Gasteiger partial charge in [0.25, 0.3) is 23.6 Å². The van der Waals surface area contributed by atoms with Crippen LogP contribution in [0.4, 0.5) is 17.1 Å². The number of likely N-dealkylation sites (tertiary alicyclic amines) is 1. The van der Waals surface area contributed by atoms with E-state index < -0.39 is 17.4 Å². The molecular formula is C53H53N7O9W. The van der Waals surface area contributed by atoms with E-state index in [9.17, 15) is 29.1 Å². The number of nitrogens with zero attached hydrogens (tertiary/aromatic N) is 6. The molecule has 4 amide bonds. The minimum Gasteiger partial charge on any atom is -0.699 e. The normalized spacial score (nSPS) is 19.2. The molecule has 360 valence electrons. The van der Waals surface area contributed by atoms with Crippen molar-refractivity contribution in [1.29, 1.82) is 0 Å². The number of ether oxygens (including phenoxy) is 3. The van der Waals surface area contributed by atoms with Crippen LogP contribution in [-0.2, 0) is 42.1 Å². The number of nitrogens with one attached hydrogen (secondary N) is 1. The van der Waals surface area contributed by atoms with E-state index in [0.29, 0.717) is 83.4 Å². The Morgan fingerprint density at radius 2 is 1.27 bits per heavy atom. The maximum atomic E-state index is 13.7. The number of Topliss-reactive ketones (excluding diaryl/α,β-unsaturated/α-hetero) is 1. The smallest absolute Gasteiger partial charge is 0.699 e. The average molecular weight is 1120 g/mol. The van der Waals surface area contributed by atoms with Gasteiger partial charge in [0.05, 0.1) is 61.5 Å². The standard InChI is InChI=1S/C42H38N5O6.C10H11N2O3.CH4.W/c1-25-4-6-26(7-5-25)28-14-32-20-44-36-18-38(30(24-48)16-34(36)41(49)46(32)22-28)52-12-3-13-53-40-19-37-35(17-39(40)51-2)42(50)47-23-29(15-33(47)21-45-37)27-8-10-31(43)11-9-27;1-7(13)10(5-11(2)6-10)12-8(14)3-4-9(12)15;;/h4-11,16-23,32-33,43,48H,3,12-15,24H2,1-2H3;3-4H,1,5-6H2,2H3;1H4;/q2*-1;;+2/t32-,33-;;;/m0.../s1. The van der Waals surface area contributed by atoms with E-state index in [1.807, 2.05) is 43.4 Å². The summed E-state index contributed by atoms with van der Waals surface area (Å²) in [6.07, 6.45) is 11.5. The van der Waals surface area contributed by atoms with Crippen LogP contribution in [0.3, 0.4) is 0 Å². The summed E-state index contributed by atoms with van der Waals surface area (Å²) in [6.45, 7) is 6.39. The van der Waals surface area contributed by atoms with Gasteiger partial charge >= 0.3 is 21.1 Å².